The highest BCUT2D eigenvalue weighted by atomic mass is 16.3. The van der Waals surface area contributed by atoms with Gasteiger partial charge in [0.1, 0.15) is 11.4 Å². The van der Waals surface area contributed by atoms with Crippen molar-refractivity contribution >= 4 is 11.7 Å². The van der Waals surface area contributed by atoms with Crippen molar-refractivity contribution in [3.05, 3.63) is 11.8 Å². The number of hydrogen-bond acceptors (Lipinski definition) is 4. The maximum Gasteiger partial charge on any atom is 0.259 e. The lowest BCUT2D eigenvalue weighted by Crippen LogP contribution is -2.47. The van der Waals surface area contributed by atoms with Gasteiger partial charge in [-0.05, 0) is 13.8 Å². The van der Waals surface area contributed by atoms with E-state index in [1.54, 1.807) is 20.9 Å². The van der Waals surface area contributed by atoms with Gasteiger partial charge in [-0.3, -0.25) is 9.89 Å². The minimum Gasteiger partial charge on any atom is -0.394 e. The summed E-state index contributed by atoms with van der Waals surface area (Å²) in [6.07, 6.45) is 1.38. The number of aliphatic hydroxyl groups excluding tert-OH is 1. The van der Waals surface area contributed by atoms with Gasteiger partial charge in [-0.15, -0.1) is 0 Å². The number of nitrogen functional groups attached to an aromatic ring is 1. The molecule has 4 N–H and O–H groups in total. The molecule has 0 bridgehead atoms. The van der Waals surface area contributed by atoms with E-state index in [-0.39, 0.29) is 18.3 Å². The molecule has 0 aliphatic heterocycles. The van der Waals surface area contributed by atoms with E-state index in [0.717, 1.165) is 0 Å². The van der Waals surface area contributed by atoms with E-state index in [4.69, 9.17) is 10.8 Å². The SMILES string of the molecule is CN(C(=O)c1cn[nH]c1N)C(C)(C)CO. The Morgan fingerprint density at radius 2 is 2.33 bits per heavy atom. The van der Waals surface area contributed by atoms with Crippen molar-refractivity contribution in [1.29, 1.82) is 0 Å². The first-order valence-electron chi connectivity index (χ1n) is 4.58. The molecule has 0 unspecified atom stereocenters. The Kier molecular flexibility index (Phi) is 2.99. The third-order valence-corrected chi connectivity index (χ3v) is 2.50. The molecule has 1 aromatic rings. The van der Waals surface area contributed by atoms with Crippen LogP contribution in [0.5, 0.6) is 0 Å². The molecular weight excluding hydrogens is 196 g/mol. The Morgan fingerprint density at radius 3 is 2.73 bits per heavy atom. The number of carbonyl (C=O) groups is 1. The lowest BCUT2D eigenvalue weighted by molar-refractivity contribution is 0.0474. The largest absolute Gasteiger partial charge is 0.394 e. The maximum absolute atomic E-state index is 11.9. The topological polar surface area (TPSA) is 95.2 Å². The summed E-state index contributed by atoms with van der Waals surface area (Å²) in [4.78, 5) is 13.3. The molecule has 0 fully saturated rings. The van der Waals surface area contributed by atoms with Gasteiger partial charge in [-0.1, -0.05) is 0 Å². The second kappa shape index (κ2) is 3.90. The molecule has 0 saturated carbocycles. The van der Waals surface area contributed by atoms with Crippen molar-refractivity contribution in [1.82, 2.24) is 15.1 Å². The summed E-state index contributed by atoms with van der Waals surface area (Å²) in [5, 5.41) is 15.3. The summed E-state index contributed by atoms with van der Waals surface area (Å²) >= 11 is 0. The number of nitrogens with two attached hydrogens (primary N) is 1. The van der Waals surface area contributed by atoms with Crippen LogP contribution in [0.2, 0.25) is 0 Å². The minimum atomic E-state index is -0.624. The molecule has 84 valence electrons. The van der Waals surface area contributed by atoms with Crippen LogP contribution < -0.4 is 5.73 Å². The molecule has 0 radical (unpaired) electrons. The van der Waals surface area contributed by atoms with Crippen LogP contribution >= 0.6 is 0 Å². The van der Waals surface area contributed by atoms with Crippen molar-refractivity contribution < 1.29 is 9.90 Å². The van der Waals surface area contributed by atoms with Gasteiger partial charge in [-0.25, -0.2) is 0 Å². The summed E-state index contributed by atoms with van der Waals surface area (Å²) in [6.45, 7) is 3.41. The molecule has 1 heterocycles. The summed E-state index contributed by atoms with van der Waals surface area (Å²) in [7, 11) is 1.62. The molecule has 6 heteroatoms. The number of amides is 1. The van der Waals surface area contributed by atoms with Crippen molar-refractivity contribution in [2.24, 2.45) is 0 Å². The van der Waals surface area contributed by atoms with Gasteiger partial charge in [0.2, 0.25) is 0 Å². The van der Waals surface area contributed by atoms with E-state index in [0.29, 0.717) is 5.56 Å². The van der Waals surface area contributed by atoms with Crippen LogP contribution in [0.25, 0.3) is 0 Å². The number of H-pyrrole nitrogens is 1. The van der Waals surface area contributed by atoms with Gasteiger partial charge in [0.05, 0.1) is 18.3 Å². The summed E-state index contributed by atoms with van der Waals surface area (Å²) in [5.74, 6) is -0.0270. The highest BCUT2D eigenvalue weighted by Crippen LogP contribution is 2.17. The average molecular weight is 212 g/mol. The van der Waals surface area contributed by atoms with Crippen LogP contribution in [-0.4, -0.2) is 45.3 Å². The zero-order chi connectivity index (χ0) is 11.6. The Morgan fingerprint density at radius 1 is 1.73 bits per heavy atom. The van der Waals surface area contributed by atoms with Crippen molar-refractivity contribution in [2.45, 2.75) is 19.4 Å². The fourth-order valence-corrected chi connectivity index (χ4v) is 1.03. The third kappa shape index (κ3) is 2.10. The van der Waals surface area contributed by atoms with Crippen LogP contribution in [0.3, 0.4) is 0 Å². The van der Waals surface area contributed by atoms with Crippen LogP contribution in [0.1, 0.15) is 24.2 Å². The predicted octanol–water partition coefficient (Wildman–Crippen LogP) is -0.165. The van der Waals surface area contributed by atoms with E-state index in [1.165, 1.54) is 11.1 Å². The summed E-state index contributed by atoms with van der Waals surface area (Å²) in [6, 6.07) is 0. The summed E-state index contributed by atoms with van der Waals surface area (Å²) in [5.41, 5.74) is 5.23. The highest BCUT2D eigenvalue weighted by molar-refractivity contribution is 5.98. The number of hydrogen-bond donors (Lipinski definition) is 3. The monoisotopic (exact) mass is 212 g/mol. The summed E-state index contributed by atoms with van der Waals surface area (Å²) < 4.78 is 0. The fraction of sp³-hybridized carbons (Fsp3) is 0.556. The Balaban J connectivity index is 2.92. The third-order valence-electron chi connectivity index (χ3n) is 2.50. The smallest absolute Gasteiger partial charge is 0.259 e. The Labute approximate surface area is 88.1 Å². The van der Waals surface area contributed by atoms with Gasteiger partial charge in [-0.2, -0.15) is 5.10 Å². The number of aromatic amines is 1. The number of nitrogens with one attached hydrogen (secondary N) is 1. The number of carbonyl (C=O) groups excluding carboxylic acids is 1. The van der Waals surface area contributed by atoms with Gasteiger partial charge >= 0.3 is 0 Å². The number of likely N-dealkylation sites (N-methyl/N-ethyl adjacent to an activating group) is 1. The quantitative estimate of drug-likeness (QED) is 0.648. The molecule has 0 aromatic carbocycles. The first-order chi connectivity index (χ1) is 6.90. The van der Waals surface area contributed by atoms with E-state index >= 15 is 0 Å². The van der Waals surface area contributed by atoms with Gasteiger partial charge < -0.3 is 15.7 Å². The average Bonchev–Trinajstić information content (AvgIpc) is 2.62. The van der Waals surface area contributed by atoms with Crippen LogP contribution in [0, 0.1) is 0 Å². The molecule has 1 aromatic heterocycles. The normalized spacial score (nSPS) is 11.5. The molecule has 15 heavy (non-hydrogen) atoms. The van der Waals surface area contributed by atoms with Crippen molar-refractivity contribution in [3.63, 3.8) is 0 Å². The Bertz CT molecular complexity index is 359. The Hall–Kier alpha value is -1.56. The van der Waals surface area contributed by atoms with E-state index < -0.39 is 5.54 Å². The lowest BCUT2D eigenvalue weighted by Gasteiger charge is -2.33. The number of anilines is 1. The molecule has 0 atom stereocenters. The first-order valence-corrected chi connectivity index (χ1v) is 4.58. The zero-order valence-corrected chi connectivity index (χ0v) is 9.11. The van der Waals surface area contributed by atoms with Crippen molar-refractivity contribution in [2.75, 3.05) is 19.4 Å². The number of aliphatic hydroxyl groups is 1. The molecule has 0 aliphatic carbocycles. The van der Waals surface area contributed by atoms with Gasteiger partial charge in [0, 0.05) is 7.05 Å². The van der Waals surface area contributed by atoms with E-state index in [2.05, 4.69) is 10.2 Å². The van der Waals surface area contributed by atoms with E-state index in [9.17, 15) is 4.79 Å². The van der Waals surface area contributed by atoms with Gasteiger partial charge in [0.25, 0.3) is 5.91 Å². The lowest BCUT2D eigenvalue weighted by atomic mass is 10.0. The molecule has 0 aliphatic rings. The molecule has 1 amide bonds. The molecule has 1 rings (SSSR count). The minimum absolute atomic E-state index is 0.118. The van der Waals surface area contributed by atoms with Crippen molar-refractivity contribution in [3.8, 4) is 0 Å². The maximum atomic E-state index is 11.9. The second-order valence-corrected chi connectivity index (χ2v) is 4.03. The molecular formula is C9H16N4O2. The standard InChI is InChI=1S/C9H16N4O2/c1-9(2,5-14)13(3)8(15)6-4-11-12-7(6)10/h4,14H,5H2,1-3H3,(H3,10,11,12). The molecule has 0 spiro atoms. The fourth-order valence-electron chi connectivity index (χ4n) is 1.03. The van der Waals surface area contributed by atoms with Crippen LogP contribution in [0.4, 0.5) is 5.82 Å². The number of rotatable bonds is 3. The highest BCUT2D eigenvalue weighted by Gasteiger charge is 2.29. The molecule has 0 saturated heterocycles. The zero-order valence-electron chi connectivity index (χ0n) is 9.11. The first kappa shape index (κ1) is 11.5. The second-order valence-electron chi connectivity index (χ2n) is 4.03. The number of aromatic nitrogens is 2. The molecule has 6 nitrogen and oxygen atoms in total. The van der Waals surface area contributed by atoms with Gasteiger partial charge in [0.15, 0.2) is 0 Å². The number of nitrogens with zero attached hydrogens (tertiary/aromatic N) is 2. The predicted molar refractivity (Wildman–Crippen MR) is 56.3 cm³/mol. The van der Waals surface area contributed by atoms with Crippen LogP contribution in [0.15, 0.2) is 6.20 Å². The van der Waals surface area contributed by atoms with Crippen LogP contribution in [-0.2, 0) is 0 Å². The van der Waals surface area contributed by atoms with E-state index in [1.807, 2.05) is 0 Å².